The van der Waals surface area contributed by atoms with Gasteiger partial charge in [-0.25, -0.2) is 9.97 Å². The van der Waals surface area contributed by atoms with E-state index in [0.29, 0.717) is 17.5 Å². The molecule has 0 saturated heterocycles. The molecule has 4 aromatic rings. The molecule has 0 bridgehead atoms. The molecule has 36 heavy (non-hydrogen) atoms. The molecule has 0 fully saturated rings. The van der Waals surface area contributed by atoms with Crippen LogP contribution in [0.3, 0.4) is 0 Å². The Morgan fingerprint density at radius 3 is 1.28 bits per heavy atom. The van der Waals surface area contributed by atoms with Gasteiger partial charge in [-0.3, -0.25) is 9.97 Å². The van der Waals surface area contributed by atoms with Gasteiger partial charge in [0, 0.05) is 29.6 Å². The minimum absolute atomic E-state index is 0.0910. The van der Waals surface area contributed by atoms with Crippen LogP contribution in [0.25, 0.3) is 22.5 Å². The molecule has 0 aliphatic heterocycles. The Balaban J connectivity index is 0.000000201. The van der Waals surface area contributed by atoms with E-state index in [4.69, 9.17) is 34.8 Å². The predicted octanol–water partition coefficient (Wildman–Crippen LogP) is 8.42. The van der Waals surface area contributed by atoms with Gasteiger partial charge in [-0.15, -0.1) is 0 Å². The molecule has 0 aromatic carbocycles. The number of aromatic nitrogens is 4. The van der Waals surface area contributed by atoms with E-state index < -0.39 is 29.4 Å². The monoisotopic (exact) mass is 568 g/mol. The predicted molar refractivity (Wildman–Crippen MR) is 120 cm³/mol. The standard InChI is InChI=1S/C11H5Cl2F3N2.C11H5ClF4N2/c2*12-9-3-6(4-10(13)18-9)8-2-1-7(5-17-8)11(14,15)16/h2*1-5H. The van der Waals surface area contributed by atoms with Gasteiger partial charge >= 0.3 is 12.4 Å². The van der Waals surface area contributed by atoms with Crippen molar-refractivity contribution in [1.82, 2.24) is 19.9 Å². The first-order valence-corrected chi connectivity index (χ1v) is 10.6. The van der Waals surface area contributed by atoms with Crippen molar-refractivity contribution in [2.45, 2.75) is 12.4 Å². The van der Waals surface area contributed by atoms with Gasteiger partial charge in [0.15, 0.2) is 0 Å². The Hall–Kier alpha value is -3.02. The molecule has 4 heterocycles. The van der Waals surface area contributed by atoms with E-state index in [9.17, 15) is 30.7 Å². The fourth-order valence-corrected chi connectivity index (χ4v) is 3.35. The van der Waals surface area contributed by atoms with E-state index in [1.807, 2.05) is 0 Å². The van der Waals surface area contributed by atoms with E-state index in [1.165, 1.54) is 24.3 Å². The minimum atomic E-state index is -4.45. The third kappa shape index (κ3) is 7.49. The zero-order valence-electron chi connectivity index (χ0n) is 17.3. The van der Waals surface area contributed by atoms with Crippen molar-refractivity contribution < 1.29 is 30.7 Å². The van der Waals surface area contributed by atoms with Crippen LogP contribution in [0.4, 0.5) is 30.7 Å². The lowest BCUT2D eigenvalue weighted by Crippen LogP contribution is -2.05. The zero-order chi connectivity index (χ0) is 26.7. The fraction of sp³-hybridized carbons (Fsp3) is 0.0909. The van der Waals surface area contributed by atoms with Gasteiger partial charge in [-0.1, -0.05) is 34.8 Å². The summed E-state index contributed by atoms with van der Waals surface area (Å²) in [6, 6.07) is 9.53. The maximum absolute atomic E-state index is 13.0. The second-order valence-corrected chi connectivity index (χ2v) is 8.02. The highest BCUT2D eigenvalue weighted by Gasteiger charge is 2.31. The average molecular weight is 570 g/mol. The first kappa shape index (κ1) is 27.6. The molecular weight excluding hydrogens is 560 g/mol. The average Bonchev–Trinajstić information content (AvgIpc) is 2.77. The summed E-state index contributed by atoms with van der Waals surface area (Å²) < 4.78 is 87.0. The first-order chi connectivity index (χ1) is 16.7. The SMILES string of the molecule is FC(F)(F)c1ccc(-c2cc(Cl)nc(Cl)c2)nc1.Fc1cc(-c2ccc(C(F)(F)F)cn2)cc(Cl)n1. The Morgan fingerprint density at radius 2 is 0.944 bits per heavy atom. The largest absolute Gasteiger partial charge is 0.417 e. The molecule has 0 aliphatic carbocycles. The normalized spacial score (nSPS) is 11.6. The van der Waals surface area contributed by atoms with Gasteiger partial charge in [0.25, 0.3) is 0 Å². The number of alkyl halides is 6. The molecule has 0 aliphatic rings. The van der Waals surface area contributed by atoms with Crippen LogP contribution in [0.5, 0.6) is 0 Å². The molecule has 0 amide bonds. The van der Waals surface area contributed by atoms with Crippen LogP contribution in [0.15, 0.2) is 60.9 Å². The lowest BCUT2D eigenvalue weighted by Gasteiger charge is -2.07. The number of hydrogen-bond acceptors (Lipinski definition) is 4. The Bertz CT molecular complexity index is 1200. The van der Waals surface area contributed by atoms with Crippen molar-refractivity contribution in [3.63, 3.8) is 0 Å². The molecule has 0 radical (unpaired) electrons. The first-order valence-electron chi connectivity index (χ1n) is 9.46. The number of nitrogens with zero attached hydrogens (tertiary/aromatic N) is 4. The fourth-order valence-electron chi connectivity index (χ4n) is 2.69. The van der Waals surface area contributed by atoms with Gasteiger partial charge < -0.3 is 0 Å². The Kier molecular flexibility index (Phi) is 8.37. The van der Waals surface area contributed by atoms with Crippen molar-refractivity contribution in [3.8, 4) is 22.5 Å². The zero-order valence-corrected chi connectivity index (χ0v) is 19.6. The maximum Gasteiger partial charge on any atom is 0.417 e. The van der Waals surface area contributed by atoms with Crippen molar-refractivity contribution >= 4 is 34.8 Å². The number of pyridine rings is 4. The highest BCUT2D eigenvalue weighted by Crippen LogP contribution is 2.31. The number of rotatable bonds is 2. The molecule has 188 valence electrons. The molecule has 0 saturated carbocycles. The van der Waals surface area contributed by atoms with Gasteiger partial charge in [-0.2, -0.15) is 30.7 Å². The third-order valence-electron chi connectivity index (χ3n) is 4.30. The second kappa shape index (κ2) is 10.9. The third-order valence-corrected chi connectivity index (χ3v) is 4.88. The summed E-state index contributed by atoms with van der Waals surface area (Å²) in [7, 11) is 0. The van der Waals surface area contributed by atoms with E-state index >= 15 is 0 Å². The number of hydrogen-bond donors (Lipinski definition) is 0. The van der Waals surface area contributed by atoms with Crippen LogP contribution in [0.2, 0.25) is 15.5 Å². The van der Waals surface area contributed by atoms with E-state index in [-0.39, 0.29) is 26.7 Å². The van der Waals surface area contributed by atoms with Crippen LogP contribution < -0.4 is 0 Å². The lowest BCUT2D eigenvalue weighted by molar-refractivity contribution is -0.138. The molecule has 4 rings (SSSR count). The van der Waals surface area contributed by atoms with Crippen molar-refractivity contribution in [3.05, 3.63) is 93.5 Å². The Morgan fingerprint density at radius 1 is 0.556 bits per heavy atom. The summed E-state index contributed by atoms with van der Waals surface area (Å²) in [5.41, 5.74) is -0.375. The highest BCUT2D eigenvalue weighted by molar-refractivity contribution is 6.32. The van der Waals surface area contributed by atoms with Crippen molar-refractivity contribution in [1.29, 1.82) is 0 Å². The lowest BCUT2D eigenvalue weighted by atomic mass is 10.1. The van der Waals surface area contributed by atoms with Gasteiger partial charge in [0.2, 0.25) is 5.95 Å². The van der Waals surface area contributed by atoms with Gasteiger partial charge in [0.1, 0.15) is 15.5 Å². The van der Waals surface area contributed by atoms with Gasteiger partial charge in [0.05, 0.1) is 22.5 Å². The highest BCUT2D eigenvalue weighted by atomic mass is 35.5. The van der Waals surface area contributed by atoms with Crippen LogP contribution in [0.1, 0.15) is 11.1 Å². The topological polar surface area (TPSA) is 51.6 Å². The smallest absolute Gasteiger partial charge is 0.256 e. The second-order valence-electron chi connectivity index (χ2n) is 6.86. The quantitative estimate of drug-likeness (QED) is 0.180. The molecule has 4 aromatic heterocycles. The van der Waals surface area contributed by atoms with Crippen molar-refractivity contribution in [2.24, 2.45) is 0 Å². The molecule has 0 atom stereocenters. The van der Waals surface area contributed by atoms with E-state index in [2.05, 4.69) is 19.9 Å². The summed E-state index contributed by atoms with van der Waals surface area (Å²) in [4.78, 5) is 14.4. The van der Waals surface area contributed by atoms with Crippen LogP contribution >= 0.6 is 34.8 Å². The molecule has 14 heteroatoms. The molecule has 0 spiro atoms. The summed E-state index contributed by atoms with van der Waals surface area (Å²) in [6.07, 6.45) is -7.41. The summed E-state index contributed by atoms with van der Waals surface area (Å²) >= 11 is 16.9. The molecule has 4 nitrogen and oxygen atoms in total. The van der Waals surface area contributed by atoms with Crippen LogP contribution in [0, 0.1) is 5.95 Å². The minimum Gasteiger partial charge on any atom is -0.256 e. The molecule has 0 N–H and O–H groups in total. The summed E-state index contributed by atoms with van der Waals surface area (Å²) in [6.45, 7) is 0. The molecule has 0 unspecified atom stereocenters. The molecular formula is C22H10Cl3F7N4. The Labute approximate surface area is 213 Å². The maximum atomic E-state index is 13.0. The van der Waals surface area contributed by atoms with Crippen molar-refractivity contribution in [2.75, 3.05) is 0 Å². The van der Waals surface area contributed by atoms with Gasteiger partial charge in [-0.05, 0) is 42.5 Å². The summed E-state index contributed by atoms with van der Waals surface area (Å²) in [5.74, 6) is -0.820. The van der Waals surface area contributed by atoms with E-state index in [0.717, 1.165) is 30.5 Å². The number of halogens is 10. The van der Waals surface area contributed by atoms with Crippen LogP contribution in [-0.4, -0.2) is 19.9 Å². The van der Waals surface area contributed by atoms with Crippen LogP contribution in [-0.2, 0) is 12.4 Å². The summed E-state index contributed by atoms with van der Waals surface area (Å²) in [5, 5.41) is 0.213. The van der Waals surface area contributed by atoms with E-state index in [1.54, 1.807) is 0 Å².